The van der Waals surface area contributed by atoms with E-state index in [9.17, 15) is 14.4 Å². The Bertz CT molecular complexity index is 819. The minimum atomic E-state index is -0.342. The normalized spacial score (nSPS) is 12.7. The molecule has 1 fully saturated rings. The molecule has 0 bridgehead atoms. The average Bonchev–Trinajstić information content (AvgIpc) is 3.51. The number of rotatable bonds is 7. The fourth-order valence-electron chi connectivity index (χ4n) is 2.49. The van der Waals surface area contributed by atoms with E-state index in [4.69, 9.17) is 0 Å². The summed E-state index contributed by atoms with van der Waals surface area (Å²) in [6, 6.07) is 16.0. The molecular formula is C20H22N4O3. The van der Waals surface area contributed by atoms with E-state index in [0.29, 0.717) is 17.9 Å². The molecule has 0 atom stereocenters. The largest absolute Gasteiger partial charge is 0.350 e. The van der Waals surface area contributed by atoms with E-state index >= 15 is 0 Å². The van der Waals surface area contributed by atoms with Gasteiger partial charge >= 0.3 is 6.03 Å². The maximum absolute atomic E-state index is 12.0. The van der Waals surface area contributed by atoms with Crippen LogP contribution in [0.5, 0.6) is 0 Å². The Balaban J connectivity index is 1.44. The van der Waals surface area contributed by atoms with Crippen LogP contribution in [0.3, 0.4) is 0 Å². The van der Waals surface area contributed by atoms with Crippen molar-refractivity contribution in [3.8, 4) is 0 Å². The standard InChI is InChI=1S/C20H22N4O3/c25-18(13-22-19(26)15-9-10-15)21-12-14-5-4-8-17(11-14)24-20(27)23-16-6-2-1-3-7-16/h1-8,11,15H,9-10,12-13H2,(H,21,25)(H,22,26)(H2,23,24,27). The van der Waals surface area contributed by atoms with Gasteiger partial charge in [-0.1, -0.05) is 30.3 Å². The molecule has 0 unspecified atom stereocenters. The molecule has 1 aliphatic carbocycles. The smallest absolute Gasteiger partial charge is 0.323 e. The third-order valence-corrected chi connectivity index (χ3v) is 4.08. The van der Waals surface area contributed by atoms with Gasteiger partial charge in [-0.15, -0.1) is 0 Å². The lowest BCUT2D eigenvalue weighted by Gasteiger charge is -2.10. The van der Waals surface area contributed by atoms with Gasteiger partial charge in [-0.3, -0.25) is 9.59 Å². The summed E-state index contributed by atoms with van der Waals surface area (Å²) in [7, 11) is 0. The summed E-state index contributed by atoms with van der Waals surface area (Å²) in [5.74, 6) is -0.215. The Morgan fingerprint density at radius 3 is 2.30 bits per heavy atom. The first-order valence-corrected chi connectivity index (χ1v) is 8.86. The average molecular weight is 366 g/mol. The summed E-state index contributed by atoms with van der Waals surface area (Å²) in [4.78, 5) is 35.4. The van der Waals surface area contributed by atoms with Crippen molar-refractivity contribution < 1.29 is 14.4 Å². The highest BCUT2D eigenvalue weighted by Crippen LogP contribution is 2.28. The van der Waals surface area contributed by atoms with E-state index in [1.807, 2.05) is 24.3 Å². The van der Waals surface area contributed by atoms with Crippen molar-refractivity contribution in [2.45, 2.75) is 19.4 Å². The van der Waals surface area contributed by atoms with Crippen molar-refractivity contribution >= 4 is 29.2 Å². The molecule has 0 spiro atoms. The van der Waals surface area contributed by atoms with Crippen LogP contribution in [0.25, 0.3) is 0 Å². The molecule has 2 aromatic rings. The summed E-state index contributed by atoms with van der Waals surface area (Å²) in [5, 5.41) is 10.9. The third kappa shape index (κ3) is 6.14. The number of carbonyl (C=O) groups is 3. The monoisotopic (exact) mass is 366 g/mol. The Morgan fingerprint density at radius 1 is 0.852 bits per heavy atom. The molecule has 7 nitrogen and oxygen atoms in total. The number of hydrogen-bond acceptors (Lipinski definition) is 3. The van der Waals surface area contributed by atoms with E-state index in [1.54, 1.807) is 30.3 Å². The lowest BCUT2D eigenvalue weighted by atomic mass is 10.2. The molecule has 140 valence electrons. The molecule has 0 heterocycles. The first-order valence-electron chi connectivity index (χ1n) is 8.86. The molecule has 27 heavy (non-hydrogen) atoms. The highest BCUT2D eigenvalue weighted by Gasteiger charge is 2.29. The minimum Gasteiger partial charge on any atom is -0.350 e. The molecule has 1 aliphatic rings. The van der Waals surface area contributed by atoms with Crippen LogP contribution < -0.4 is 21.3 Å². The number of urea groups is 1. The van der Waals surface area contributed by atoms with Crippen molar-refractivity contribution in [2.75, 3.05) is 17.2 Å². The van der Waals surface area contributed by atoms with Gasteiger partial charge in [0.2, 0.25) is 11.8 Å². The van der Waals surface area contributed by atoms with Crippen molar-refractivity contribution in [2.24, 2.45) is 5.92 Å². The zero-order valence-corrected chi connectivity index (χ0v) is 14.8. The van der Waals surface area contributed by atoms with Crippen LogP contribution in [-0.4, -0.2) is 24.4 Å². The van der Waals surface area contributed by atoms with Crippen LogP contribution in [-0.2, 0) is 16.1 Å². The van der Waals surface area contributed by atoms with Gasteiger partial charge in [0.15, 0.2) is 0 Å². The van der Waals surface area contributed by atoms with E-state index in [2.05, 4.69) is 21.3 Å². The lowest BCUT2D eigenvalue weighted by Crippen LogP contribution is -2.37. The Morgan fingerprint density at radius 2 is 1.56 bits per heavy atom. The second-order valence-corrected chi connectivity index (χ2v) is 6.41. The fraction of sp³-hybridized carbons (Fsp3) is 0.250. The molecule has 0 aliphatic heterocycles. The summed E-state index contributed by atoms with van der Waals surface area (Å²) >= 11 is 0. The van der Waals surface area contributed by atoms with Gasteiger partial charge in [-0.2, -0.15) is 0 Å². The highest BCUT2D eigenvalue weighted by atomic mass is 16.2. The minimum absolute atomic E-state index is 0.0211. The third-order valence-electron chi connectivity index (χ3n) is 4.08. The van der Waals surface area contributed by atoms with Gasteiger partial charge in [0.1, 0.15) is 0 Å². The number of amides is 4. The van der Waals surface area contributed by atoms with Crippen LogP contribution in [0.4, 0.5) is 16.2 Å². The van der Waals surface area contributed by atoms with Gasteiger partial charge in [0, 0.05) is 23.8 Å². The van der Waals surface area contributed by atoms with Crippen LogP contribution in [0.1, 0.15) is 18.4 Å². The van der Waals surface area contributed by atoms with E-state index < -0.39 is 0 Å². The van der Waals surface area contributed by atoms with Gasteiger partial charge in [-0.25, -0.2) is 4.79 Å². The van der Waals surface area contributed by atoms with Crippen LogP contribution in [0.15, 0.2) is 54.6 Å². The molecule has 4 N–H and O–H groups in total. The Hall–Kier alpha value is -3.35. The summed E-state index contributed by atoms with van der Waals surface area (Å²) in [5.41, 5.74) is 2.17. The molecular weight excluding hydrogens is 344 g/mol. The first kappa shape index (κ1) is 18.4. The Labute approximate surface area is 157 Å². The maximum Gasteiger partial charge on any atom is 0.323 e. The van der Waals surface area contributed by atoms with Crippen molar-refractivity contribution in [3.05, 3.63) is 60.2 Å². The zero-order chi connectivity index (χ0) is 19.1. The van der Waals surface area contributed by atoms with Crippen LogP contribution in [0, 0.1) is 5.92 Å². The topological polar surface area (TPSA) is 99.3 Å². The first-order chi connectivity index (χ1) is 13.1. The molecule has 0 aromatic heterocycles. The van der Waals surface area contributed by atoms with Gasteiger partial charge in [0.05, 0.1) is 6.54 Å². The molecule has 0 radical (unpaired) electrons. The molecule has 0 saturated heterocycles. The summed E-state index contributed by atoms with van der Waals surface area (Å²) in [6.07, 6.45) is 1.82. The number of carbonyl (C=O) groups excluding carboxylic acids is 3. The molecule has 1 saturated carbocycles. The van der Waals surface area contributed by atoms with Gasteiger partial charge in [0.25, 0.3) is 0 Å². The van der Waals surface area contributed by atoms with Crippen molar-refractivity contribution in [1.82, 2.24) is 10.6 Å². The predicted octanol–water partition coefficient (Wildman–Crippen LogP) is 2.47. The van der Waals surface area contributed by atoms with E-state index in [0.717, 1.165) is 18.4 Å². The molecule has 3 rings (SSSR count). The van der Waals surface area contributed by atoms with E-state index in [-0.39, 0.29) is 30.3 Å². The number of anilines is 2. The summed E-state index contributed by atoms with van der Waals surface area (Å²) < 4.78 is 0. The van der Waals surface area contributed by atoms with Crippen molar-refractivity contribution in [1.29, 1.82) is 0 Å². The number of para-hydroxylation sites is 1. The second-order valence-electron chi connectivity index (χ2n) is 6.41. The number of hydrogen-bond donors (Lipinski definition) is 4. The Kier molecular flexibility index (Phi) is 6.04. The van der Waals surface area contributed by atoms with Crippen molar-refractivity contribution in [3.63, 3.8) is 0 Å². The van der Waals surface area contributed by atoms with Gasteiger partial charge < -0.3 is 21.3 Å². The van der Waals surface area contributed by atoms with E-state index in [1.165, 1.54) is 0 Å². The maximum atomic E-state index is 12.0. The predicted molar refractivity (Wildman–Crippen MR) is 103 cm³/mol. The van der Waals surface area contributed by atoms with Crippen LogP contribution in [0.2, 0.25) is 0 Å². The number of benzene rings is 2. The fourth-order valence-corrected chi connectivity index (χ4v) is 2.49. The SMILES string of the molecule is O=C(CNC(=O)C1CC1)NCc1cccc(NC(=O)Nc2ccccc2)c1. The zero-order valence-electron chi connectivity index (χ0n) is 14.8. The summed E-state index contributed by atoms with van der Waals surface area (Å²) in [6.45, 7) is 0.292. The lowest BCUT2D eigenvalue weighted by molar-refractivity contribution is -0.126. The quantitative estimate of drug-likeness (QED) is 0.606. The molecule has 7 heteroatoms. The molecule has 2 aromatic carbocycles. The van der Waals surface area contributed by atoms with Crippen LogP contribution >= 0.6 is 0 Å². The number of nitrogens with one attached hydrogen (secondary N) is 4. The second kappa shape index (κ2) is 8.84. The molecule has 4 amide bonds. The highest BCUT2D eigenvalue weighted by molar-refractivity contribution is 5.99. The van der Waals surface area contributed by atoms with Gasteiger partial charge in [-0.05, 0) is 42.7 Å².